The van der Waals surface area contributed by atoms with Crippen molar-refractivity contribution in [1.29, 1.82) is 0 Å². The van der Waals surface area contributed by atoms with E-state index in [4.69, 9.17) is 4.74 Å². The number of rotatable bonds is 5. The highest BCUT2D eigenvalue weighted by atomic mass is 32.2. The molecule has 2 fully saturated rings. The molecule has 2 aliphatic rings. The summed E-state index contributed by atoms with van der Waals surface area (Å²) in [5, 5.41) is 4.38. The number of pyridine rings is 1. The van der Waals surface area contributed by atoms with Crippen LogP contribution in [0.1, 0.15) is 30.4 Å². The van der Waals surface area contributed by atoms with Crippen LogP contribution in [0.3, 0.4) is 0 Å². The number of carbonyl (C=O) groups excluding carboxylic acids is 1. The number of amides is 1. The number of benzene rings is 2. The minimum atomic E-state index is -0.237. The third-order valence-corrected chi connectivity index (χ3v) is 6.24. The average Bonchev–Trinajstić information content (AvgIpc) is 3.44. The van der Waals surface area contributed by atoms with Crippen LogP contribution in [0.5, 0.6) is 5.75 Å². The Morgan fingerprint density at radius 2 is 2.10 bits per heavy atom. The third-order valence-electron chi connectivity index (χ3n) is 5.31. The Labute approximate surface area is 183 Å². The molecule has 1 aliphatic carbocycles. The van der Waals surface area contributed by atoms with E-state index in [1.54, 1.807) is 18.3 Å². The quantitative estimate of drug-likeness (QED) is 0.582. The van der Waals surface area contributed by atoms with E-state index in [1.165, 1.54) is 23.9 Å². The van der Waals surface area contributed by atoms with Gasteiger partial charge in [-0.15, -0.1) is 0 Å². The van der Waals surface area contributed by atoms with Crippen LogP contribution in [-0.2, 0) is 4.79 Å². The van der Waals surface area contributed by atoms with Gasteiger partial charge in [0.15, 0.2) is 5.17 Å². The largest absolute Gasteiger partial charge is 0.493 e. The molecule has 31 heavy (non-hydrogen) atoms. The van der Waals surface area contributed by atoms with E-state index in [2.05, 4.69) is 15.3 Å². The van der Waals surface area contributed by atoms with Gasteiger partial charge in [-0.05, 0) is 72.6 Å². The van der Waals surface area contributed by atoms with Crippen LogP contribution in [0.4, 0.5) is 4.39 Å². The molecule has 2 aromatic carbocycles. The molecule has 7 heteroatoms. The molecule has 5 nitrogen and oxygen atoms in total. The molecular weight excluding hydrogens is 413 g/mol. The van der Waals surface area contributed by atoms with Crippen LogP contribution < -0.4 is 10.1 Å². The molecule has 3 aromatic rings. The number of hydrogen-bond acceptors (Lipinski definition) is 5. The number of halogens is 1. The monoisotopic (exact) mass is 433 g/mol. The number of fused-ring (bicyclic) bond motifs is 1. The van der Waals surface area contributed by atoms with Crippen LogP contribution >= 0.6 is 11.8 Å². The molecule has 0 bridgehead atoms. The Hall–Kier alpha value is -3.19. The van der Waals surface area contributed by atoms with Crippen molar-refractivity contribution in [2.24, 2.45) is 4.99 Å². The van der Waals surface area contributed by atoms with E-state index >= 15 is 0 Å². The highest BCUT2D eigenvalue weighted by molar-refractivity contribution is 8.18. The SMILES string of the molecule is CCOc1ccnc2ccc(/C=C3\SC(=NC4CC4c4ccc(F)cc4)NC3=O)cc12. The number of hydrogen-bond donors (Lipinski definition) is 1. The van der Waals surface area contributed by atoms with Crippen molar-refractivity contribution in [3.63, 3.8) is 0 Å². The lowest BCUT2D eigenvalue weighted by atomic mass is 10.1. The van der Waals surface area contributed by atoms with Gasteiger partial charge in [0.2, 0.25) is 0 Å². The normalized spacial score (nSPS) is 22.8. The zero-order chi connectivity index (χ0) is 21.4. The van der Waals surface area contributed by atoms with E-state index in [-0.39, 0.29) is 23.7 Å². The lowest BCUT2D eigenvalue weighted by Crippen LogP contribution is -2.20. The fraction of sp³-hybridized carbons (Fsp3) is 0.208. The Morgan fingerprint density at radius 1 is 1.26 bits per heavy atom. The second-order valence-corrected chi connectivity index (χ2v) is 8.51. The molecule has 0 radical (unpaired) electrons. The first-order chi connectivity index (χ1) is 15.1. The van der Waals surface area contributed by atoms with Crippen molar-refractivity contribution in [2.45, 2.75) is 25.3 Å². The Balaban J connectivity index is 1.34. The van der Waals surface area contributed by atoms with Crippen molar-refractivity contribution < 1.29 is 13.9 Å². The number of nitrogens with one attached hydrogen (secondary N) is 1. The smallest absolute Gasteiger partial charge is 0.264 e. The maximum atomic E-state index is 13.1. The first-order valence-electron chi connectivity index (χ1n) is 10.2. The first kappa shape index (κ1) is 19.8. The van der Waals surface area contributed by atoms with Crippen molar-refractivity contribution in [3.8, 4) is 5.75 Å². The van der Waals surface area contributed by atoms with Crippen molar-refractivity contribution >= 4 is 39.8 Å². The zero-order valence-electron chi connectivity index (χ0n) is 16.8. The number of ether oxygens (including phenoxy) is 1. The number of carbonyl (C=O) groups is 1. The van der Waals surface area contributed by atoms with Crippen LogP contribution in [0.25, 0.3) is 17.0 Å². The maximum absolute atomic E-state index is 13.1. The molecule has 2 heterocycles. The molecule has 156 valence electrons. The lowest BCUT2D eigenvalue weighted by Gasteiger charge is -2.07. The van der Waals surface area contributed by atoms with E-state index in [0.717, 1.165) is 34.2 Å². The van der Waals surface area contributed by atoms with E-state index < -0.39 is 0 Å². The molecule has 0 spiro atoms. The molecule has 1 N–H and O–H groups in total. The van der Waals surface area contributed by atoms with E-state index in [0.29, 0.717) is 16.7 Å². The zero-order valence-corrected chi connectivity index (χ0v) is 17.7. The van der Waals surface area contributed by atoms with Crippen molar-refractivity contribution in [1.82, 2.24) is 10.3 Å². The molecule has 5 rings (SSSR count). The fourth-order valence-corrected chi connectivity index (χ4v) is 4.57. The Bertz CT molecular complexity index is 1220. The number of nitrogens with zero attached hydrogens (tertiary/aromatic N) is 2. The third kappa shape index (κ3) is 4.18. The summed E-state index contributed by atoms with van der Waals surface area (Å²) in [6.45, 7) is 2.52. The molecule has 1 amide bonds. The second-order valence-electron chi connectivity index (χ2n) is 7.48. The molecule has 1 aliphatic heterocycles. The Kier molecular flexibility index (Phi) is 5.19. The summed E-state index contributed by atoms with van der Waals surface area (Å²) in [5.74, 6) is 0.667. The summed E-state index contributed by atoms with van der Waals surface area (Å²) < 4.78 is 18.8. The topological polar surface area (TPSA) is 63.6 Å². The number of aromatic nitrogens is 1. The minimum Gasteiger partial charge on any atom is -0.493 e. The van der Waals surface area contributed by atoms with Gasteiger partial charge >= 0.3 is 0 Å². The first-order valence-corrected chi connectivity index (χ1v) is 11.0. The van der Waals surface area contributed by atoms with Gasteiger partial charge in [0.1, 0.15) is 11.6 Å². The van der Waals surface area contributed by atoms with Crippen LogP contribution in [0.2, 0.25) is 0 Å². The molecular formula is C24H20FN3O2S. The van der Waals surface area contributed by atoms with Gasteiger partial charge in [-0.3, -0.25) is 14.8 Å². The van der Waals surface area contributed by atoms with Gasteiger partial charge in [-0.25, -0.2) is 4.39 Å². The molecule has 1 saturated carbocycles. The van der Waals surface area contributed by atoms with Gasteiger partial charge in [-0.2, -0.15) is 0 Å². The molecule has 2 atom stereocenters. The number of amidine groups is 1. The highest BCUT2D eigenvalue weighted by Gasteiger charge is 2.39. The van der Waals surface area contributed by atoms with Gasteiger partial charge in [0.25, 0.3) is 5.91 Å². The molecule has 1 saturated heterocycles. The second kappa shape index (κ2) is 8.15. The van der Waals surface area contributed by atoms with Crippen LogP contribution in [0.15, 0.2) is 64.6 Å². The van der Waals surface area contributed by atoms with E-state index in [1.807, 2.05) is 37.3 Å². The Morgan fingerprint density at radius 3 is 2.90 bits per heavy atom. The summed E-state index contributed by atoms with van der Waals surface area (Å²) in [5.41, 5.74) is 2.83. The van der Waals surface area contributed by atoms with Crippen LogP contribution in [0, 0.1) is 5.82 Å². The molecule has 2 unspecified atom stereocenters. The van der Waals surface area contributed by atoms with Gasteiger partial charge < -0.3 is 10.1 Å². The van der Waals surface area contributed by atoms with Crippen molar-refractivity contribution in [3.05, 3.63) is 76.6 Å². The summed E-state index contributed by atoms with van der Waals surface area (Å²) in [6.07, 6.45) is 4.49. The van der Waals surface area contributed by atoms with Crippen LogP contribution in [-0.4, -0.2) is 28.7 Å². The lowest BCUT2D eigenvalue weighted by molar-refractivity contribution is -0.115. The fourth-order valence-electron chi connectivity index (χ4n) is 3.69. The van der Waals surface area contributed by atoms with Crippen molar-refractivity contribution in [2.75, 3.05) is 6.61 Å². The van der Waals surface area contributed by atoms with Gasteiger partial charge in [0.05, 0.1) is 23.1 Å². The maximum Gasteiger partial charge on any atom is 0.264 e. The standard InChI is InChI=1S/C24H20FN3O2S/c1-2-30-21-9-10-26-19-8-3-14(11-18(19)21)12-22-23(29)28-24(31-22)27-20-13-17(20)15-4-6-16(25)7-5-15/h3-12,17,20H,2,13H2,1H3,(H,27,28,29)/b22-12-. The highest BCUT2D eigenvalue weighted by Crippen LogP contribution is 2.44. The summed E-state index contributed by atoms with van der Waals surface area (Å²) in [4.78, 5) is 22.1. The summed E-state index contributed by atoms with van der Waals surface area (Å²) in [7, 11) is 0. The molecule has 1 aromatic heterocycles. The summed E-state index contributed by atoms with van der Waals surface area (Å²) >= 11 is 1.35. The van der Waals surface area contributed by atoms with E-state index in [9.17, 15) is 9.18 Å². The van der Waals surface area contributed by atoms with Gasteiger partial charge in [0, 0.05) is 17.5 Å². The number of thioether (sulfide) groups is 1. The predicted molar refractivity (Wildman–Crippen MR) is 122 cm³/mol. The number of aliphatic imine (C=N–C) groups is 1. The summed E-state index contributed by atoms with van der Waals surface area (Å²) in [6, 6.07) is 14.4. The average molecular weight is 434 g/mol. The predicted octanol–water partition coefficient (Wildman–Crippen LogP) is 4.89. The van der Waals surface area contributed by atoms with Gasteiger partial charge in [-0.1, -0.05) is 18.2 Å². The minimum absolute atomic E-state index is 0.119.